The fourth-order valence-corrected chi connectivity index (χ4v) is 6.37. The number of alkyl halides is 1. The van der Waals surface area contributed by atoms with Crippen LogP contribution in [0.5, 0.6) is 0 Å². The number of aliphatic hydroxyl groups is 1. The van der Waals surface area contributed by atoms with Crippen molar-refractivity contribution in [2.75, 3.05) is 11.9 Å². The molecular weight excluding hydrogens is 424 g/mol. The van der Waals surface area contributed by atoms with Gasteiger partial charge in [-0.1, -0.05) is 73.2 Å². The van der Waals surface area contributed by atoms with E-state index >= 15 is 0 Å². The normalized spacial score (nSPS) is 38.9. The van der Waals surface area contributed by atoms with E-state index in [4.69, 9.17) is 4.74 Å². The van der Waals surface area contributed by atoms with E-state index in [0.29, 0.717) is 22.6 Å². The molecule has 3 saturated carbocycles. The van der Waals surface area contributed by atoms with Gasteiger partial charge in [0.05, 0.1) is 23.8 Å². The number of aliphatic hydroxyl groups excluding tert-OH is 1. The SMILES string of the molecule is C=C(CBr)OCC(C)C1(C)CCC2C(=CC=C3CC(O)CCC3=C)CCCC21C. The number of hydrogen-bond acceptors (Lipinski definition) is 2. The molecule has 0 aromatic heterocycles. The van der Waals surface area contributed by atoms with E-state index < -0.39 is 0 Å². The van der Waals surface area contributed by atoms with Gasteiger partial charge in [0.25, 0.3) is 0 Å². The van der Waals surface area contributed by atoms with Crippen LogP contribution < -0.4 is 0 Å². The van der Waals surface area contributed by atoms with Gasteiger partial charge in [0.1, 0.15) is 0 Å². The van der Waals surface area contributed by atoms with Crippen molar-refractivity contribution in [1.29, 1.82) is 0 Å². The van der Waals surface area contributed by atoms with Crippen LogP contribution in [0.25, 0.3) is 0 Å². The van der Waals surface area contributed by atoms with E-state index in [0.717, 1.165) is 31.6 Å². The molecule has 5 atom stereocenters. The molecule has 3 aliphatic rings. The minimum Gasteiger partial charge on any atom is -0.497 e. The van der Waals surface area contributed by atoms with Crippen molar-refractivity contribution in [3.63, 3.8) is 0 Å². The summed E-state index contributed by atoms with van der Waals surface area (Å²) < 4.78 is 5.93. The van der Waals surface area contributed by atoms with Crippen LogP contribution in [0.1, 0.15) is 72.1 Å². The van der Waals surface area contributed by atoms with Gasteiger partial charge in [-0.15, -0.1) is 0 Å². The number of rotatable bonds is 6. The van der Waals surface area contributed by atoms with Gasteiger partial charge in [0.2, 0.25) is 0 Å². The maximum atomic E-state index is 10.0. The van der Waals surface area contributed by atoms with Crippen LogP contribution in [0.3, 0.4) is 0 Å². The first-order chi connectivity index (χ1) is 13.7. The molecule has 0 aromatic rings. The molecule has 3 heteroatoms. The molecule has 0 amide bonds. The summed E-state index contributed by atoms with van der Waals surface area (Å²) in [5.41, 5.74) is 4.67. The first-order valence-electron chi connectivity index (χ1n) is 11.3. The van der Waals surface area contributed by atoms with E-state index in [-0.39, 0.29) is 11.5 Å². The highest BCUT2D eigenvalue weighted by atomic mass is 79.9. The quantitative estimate of drug-likeness (QED) is 0.336. The molecule has 0 saturated heterocycles. The summed E-state index contributed by atoms with van der Waals surface area (Å²) in [6, 6.07) is 0. The van der Waals surface area contributed by atoms with Crippen molar-refractivity contribution < 1.29 is 9.84 Å². The molecule has 5 unspecified atom stereocenters. The maximum Gasteiger partial charge on any atom is 0.0993 e. The Hall–Kier alpha value is -0.800. The standard InChI is InChI=1S/C26H39BrO2/c1-18-8-11-23(28)15-22(18)10-9-21-7-6-13-26(5)24(21)12-14-25(26,4)19(2)17-29-20(3)16-27/h9-10,19,23-24,28H,1,3,6-8,11-17H2,2,4-5H3. The van der Waals surface area contributed by atoms with Crippen LogP contribution in [0, 0.1) is 22.7 Å². The van der Waals surface area contributed by atoms with Crippen LogP contribution in [0.15, 0.2) is 47.8 Å². The molecule has 0 radical (unpaired) electrons. The molecule has 0 bridgehead atoms. The molecule has 0 aliphatic heterocycles. The lowest BCUT2D eigenvalue weighted by Gasteiger charge is -2.51. The highest BCUT2D eigenvalue weighted by Crippen LogP contribution is 2.66. The third kappa shape index (κ3) is 4.46. The van der Waals surface area contributed by atoms with Gasteiger partial charge < -0.3 is 9.84 Å². The number of halogens is 1. The summed E-state index contributed by atoms with van der Waals surface area (Å²) in [6.45, 7) is 16.4. The zero-order valence-corrected chi connectivity index (χ0v) is 20.2. The summed E-state index contributed by atoms with van der Waals surface area (Å²) in [5, 5.41) is 10.7. The molecule has 3 aliphatic carbocycles. The Morgan fingerprint density at radius 2 is 2.03 bits per heavy atom. The Labute approximate surface area is 186 Å². The summed E-state index contributed by atoms with van der Waals surface area (Å²) in [5.74, 6) is 1.98. The molecule has 29 heavy (non-hydrogen) atoms. The zero-order valence-electron chi connectivity index (χ0n) is 18.6. The number of ether oxygens (including phenoxy) is 1. The van der Waals surface area contributed by atoms with Crippen LogP contribution in [-0.4, -0.2) is 23.1 Å². The summed E-state index contributed by atoms with van der Waals surface area (Å²) >= 11 is 3.43. The van der Waals surface area contributed by atoms with Crippen LogP contribution >= 0.6 is 15.9 Å². The fraction of sp³-hybridized carbons (Fsp3) is 0.692. The predicted molar refractivity (Wildman–Crippen MR) is 126 cm³/mol. The van der Waals surface area contributed by atoms with Crippen LogP contribution in [0.4, 0.5) is 0 Å². The van der Waals surface area contributed by atoms with E-state index in [1.54, 1.807) is 5.57 Å². The molecule has 0 spiro atoms. The topological polar surface area (TPSA) is 29.5 Å². The minimum atomic E-state index is -0.202. The van der Waals surface area contributed by atoms with Crippen molar-refractivity contribution in [3.05, 3.63) is 47.8 Å². The van der Waals surface area contributed by atoms with Gasteiger partial charge in [0, 0.05) is 0 Å². The first kappa shape index (κ1) is 22.9. The third-order valence-corrected chi connectivity index (χ3v) is 9.22. The van der Waals surface area contributed by atoms with Crippen molar-refractivity contribution >= 4 is 15.9 Å². The lowest BCUT2D eigenvalue weighted by Crippen LogP contribution is -2.44. The van der Waals surface area contributed by atoms with Crippen molar-refractivity contribution in [1.82, 2.24) is 0 Å². The number of fused-ring (bicyclic) bond motifs is 1. The molecule has 162 valence electrons. The van der Waals surface area contributed by atoms with E-state index in [1.165, 1.54) is 43.3 Å². The Bertz CT molecular complexity index is 705. The lowest BCUT2D eigenvalue weighted by atomic mass is 9.54. The predicted octanol–water partition coefficient (Wildman–Crippen LogP) is 7.11. The third-order valence-electron chi connectivity index (χ3n) is 8.60. The van der Waals surface area contributed by atoms with Crippen molar-refractivity contribution in [3.8, 4) is 0 Å². The first-order valence-corrected chi connectivity index (χ1v) is 12.5. The molecule has 3 rings (SSSR count). The highest BCUT2D eigenvalue weighted by molar-refractivity contribution is 9.09. The van der Waals surface area contributed by atoms with Crippen LogP contribution in [0.2, 0.25) is 0 Å². The van der Waals surface area contributed by atoms with Crippen LogP contribution in [-0.2, 0) is 4.74 Å². The smallest absolute Gasteiger partial charge is 0.0993 e. The Balaban J connectivity index is 1.79. The second kappa shape index (κ2) is 9.14. The summed E-state index contributed by atoms with van der Waals surface area (Å²) in [7, 11) is 0. The van der Waals surface area contributed by atoms with Gasteiger partial charge in [-0.3, -0.25) is 0 Å². The van der Waals surface area contributed by atoms with E-state index in [2.05, 4.69) is 62.0 Å². The molecule has 1 N–H and O–H groups in total. The number of hydrogen-bond donors (Lipinski definition) is 1. The van der Waals surface area contributed by atoms with Gasteiger partial charge >= 0.3 is 0 Å². The fourth-order valence-electron chi connectivity index (χ4n) is 6.20. The highest BCUT2D eigenvalue weighted by Gasteiger charge is 2.58. The largest absolute Gasteiger partial charge is 0.497 e. The lowest BCUT2D eigenvalue weighted by molar-refractivity contribution is -0.0206. The average molecular weight is 464 g/mol. The Kier molecular flexibility index (Phi) is 7.21. The monoisotopic (exact) mass is 462 g/mol. The molecule has 2 nitrogen and oxygen atoms in total. The average Bonchev–Trinajstić information content (AvgIpc) is 2.99. The summed E-state index contributed by atoms with van der Waals surface area (Å²) in [6.07, 6.45) is 13.3. The van der Waals surface area contributed by atoms with E-state index in [1.807, 2.05) is 0 Å². The van der Waals surface area contributed by atoms with Gasteiger partial charge in [-0.25, -0.2) is 0 Å². The summed E-state index contributed by atoms with van der Waals surface area (Å²) in [4.78, 5) is 0. The molecule has 3 fully saturated rings. The number of allylic oxidation sites excluding steroid dienone is 5. The van der Waals surface area contributed by atoms with Crippen molar-refractivity contribution in [2.45, 2.75) is 78.2 Å². The maximum absolute atomic E-state index is 10.0. The van der Waals surface area contributed by atoms with Gasteiger partial charge in [-0.05, 0) is 79.6 Å². The van der Waals surface area contributed by atoms with E-state index in [9.17, 15) is 5.11 Å². The molecule has 0 heterocycles. The Morgan fingerprint density at radius 3 is 2.76 bits per heavy atom. The zero-order chi connectivity index (χ0) is 21.2. The molecular formula is C26H39BrO2. The Morgan fingerprint density at radius 1 is 1.28 bits per heavy atom. The van der Waals surface area contributed by atoms with Crippen molar-refractivity contribution in [2.24, 2.45) is 22.7 Å². The second-order valence-corrected chi connectivity index (χ2v) is 10.7. The van der Waals surface area contributed by atoms with Gasteiger partial charge in [0.15, 0.2) is 0 Å². The van der Waals surface area contributed by atoms with Gasteiger partial charge in [-0.2, -0.15) is 0 Å². The molecule has 0 aromatic carbocycles. The second-order valence-electron chi connectivity index (χ2n) is 10.1. The minimum absolute atomic E-state index is 0.202.